The van der Waals surface area contributed by atoms with E-state index in [2.05, 4.69) is 4.98 Å². The number of carbonyl (C=O) groups excluding carboxylic acids is 1. The fraction of sp³-hybridized carbons (Fsp3) is 0.333. The summed E-state index contributed by atoms with van der Waals surface area (Å²) >= 11 is 0. The van der Waals surface area contributed by atoms with E-state index in [1.165, 1.54) is 6.07 Å². The van der Waals surface area contributed by atoms with E-state index in [4.69, 9.17) is 4.74 Å². The van der Waals surface area contributed by atoms with Gasteiger partial charge >= 0.3 is 0 Å². The number of pyridine rings is 1. The van der Waals surface area contributed by atoms with Crippen LogP contribution < -0.4 is 0 Å². The van der Waals surface area contributed by atoms with Crippen molar-refractivity contribution in [3.05, 3.63) is 65.7 Å². The van der Waals surface area contributed by atoms with Gasteiger partial charge in [-0.15, -0.1) is 0 Å². The van der Waals surface area contributed by atoms with Gasteiger partial charge in [0.15, 0.2) is 0 Å². The molecule has 2 aromatic rings. The highest BCUT2D eigenvalue weighted by atomic mass is 19.1. The molecule has 0 aliphatic carbocycles. The number of benzene rings is 1. The Morgan fingerprint density at radius 3 is 2.75 bits per heavy atom. The minimum Gasteiger partial charge on any atom is -0.393 e. The van der Waals surface area contributed by atoms with Crippen LogP contribution in [0, 0.1) is 5.82 Å². The van der Waals surface area contributed by atoms with Gasteiger partial charge in [0.25, 0.3) is 5.91 Å². The van der Waals surface area contributed by atoms with Gasteiger partial charge in [-0.3, -0.25) is 9.78 Å². The second-order valence-corrected chi connectivity index (χ2v) is 5.92. The Labute approximate surface area is 139 Å². The number of aliphatic hydroxyl groups excluding tert-OH is 1. The molecule has 6 heteroatoms. The van der Waals surface area contributed by atoms with E-state index in [1.807, 2.05) is 0 Å². The summed E-state index contributed by atoms with van der Waals surface area (Å²) in [7, 11) is 0. The lowest BCUT2D eigenvalue weighted by Crippen LogP contribution is -2.56. The first-order chi connectivity index (χ1) is 11.6. The predicted octanol–water partition coefficient (Wildman–Crippen LogP) is 1.67. The van der Waals surface area contributed by atoms with Crippen LogP contribution in [-0.4, -0.2) is 52.8 Å². The molecule has 1 atom stereocenters. The first-order valence-corrected chi connectivity index (χ1v) is 7.81. The van der Waals surface area contributed by atoms with Crippen LogP contribution in [0.1, 0.15) is 15.9 Å². The number of amides is 1. The largest absolute Gasteiger partial charge is 0.393 e. The van der Waals surface area contributed by atoms with Crippen molar-refractivity contribution >= 4 is 5.91 Å². The summed E-state index contributed by atoms with van der Waals surface area (Å²) in [5.74, 6) is -0.487. The van der Waals surface area contributed by atoms with Crippen LogP contribution in [0.4, 0.5) is 4.39 Å². The minimum absolute atomic E-state index is 0.146. The lowest BCUT2D eigenvalue weighted by molar-refractivity contribution is -0.123. The van der Waals surface area contributed by atoms with Gasteiger partial charge in [0.2, 0.25) is 0 Å². The predicted molar refractivity (Wildman–Crippen MR) is 86.0 cm³/mol. The molecule has 0 bridgehead atoms. The number of morpholine rings is 1. The maximum absolute atomic E-state index is 13.9. The molecule has 0 spiro atoms. The zero-order chi connectivity index (χ0) is 17.0. The topological polar surface area (TPSA) is 62.7 Å². The van der Waals surface area contributed by atoms with Crippen LogP contribution in [0.15, 0.2) is 48.8 Å². The monoisotopic (exact) mass is 330 g/mol. The summed E-state index contributed by atoms with van der Waals surface area (Å²) in [6.45, 7) is 0.645. The maximum Gasteiger partial charge on any atom is 0.254 e. The molecule has 1 saturated heterocycles. The van der Waals surface area contributed by atoms with Gasteiger partial charge in [-0.05, 0) is 23.8 Å². The Morgan fingerprint density at radius 2 is 2.04 bits per heavy atom. The molecule has 0 radical (unpaired) electrons. The molecule has 24 heavy (non-hydrogen) atoms. The van der Waals surface area contributed by atoms with Crippen molar-refractivity contribution in [1.82, 2.24) is 9.88 Å². The third-order valence-electron chi connectivity index (χ3n) is 4.22. The molecule has 1 aliphatic rings. The number of ether oxygens (including phenoxy) is 1. The van der Waals surface area contributed by atoms with E-state index >= 15 is 0 Å². The fourth-order valence-electron chi connectivity index (χ4n) is 2.94. The van der Waals surface area contributed by atoms with Crippen LogP contribution in [0.25, 0.3) is 0 Å². The van der Waals surface area contributed by atoms with Crippen molar-refractivity contribution < 1.29 is 19.0 Å². The second-order valence-electron chi connectivity index (χ2n) is 5.92. The van der Waals surface area contributed by atoms with Crippen molar-refractivity contribution in [1.29, 1.82) is 0 Å². The quantitative estimate of drug-likeness (QED) is 0.926. The fourth-order valence-corrected chi connectivity index (χ4v) is 2.94. The van der Waals surface area contributed by atoms with Crippen LogP contribution in [0.5, 0.6) is 0 Å². The average Bonchev–Trinajstić information content (AvgIpc) is 2.64. The van der Waals surface area contributed by atoms with E-state index in [0.29, 0.717) is 24.3 Å². The Morgan fingerprint density at radius 1 is 1.29 bits per heavy atom. The lowest BCUT2D eigenvalue weighted by Gasteiger charge is -2.42. The Kier molecular flexibility index (Phi) is 4.87. The van der Waals surface area contributed by atoms with Crippen LogP contribution in [-0.2, 0) is 11.2 Å². The van der Waals surface area contributed by atoms with E-state index in [0.717, 1.165) is 0 Å². The zero-order valence-corrected chi connectivity index (χ0v) is 13.2. The SMILES string of the molecule is O=C(c1ccncc1)N1CCOC(CO)(Cc2ccccc2F)C1. The average molecular weight is 330 g/mol. The highest BCUT2D eigenvalue weighted by Crippen LogP contribution is 2.25. The molecule has 1 aromatic heterocycles. The van der Waals surface area contributed by atoms with Crippen molar-refractivity contribution in [2.75, 3.05) is 26.3 Å². The normalized spacial score (nSPS) is 20.8. The smallest absolute Gasteiger partial charge is 0.254 e. The molecule has 1 fully saturated rings. The second kappa shape index (κ2) is 7.07. The van der Waals surface area contributed by atoms with Crippen LogP contribution in [0.3, 0.4) is 0 Å². The molecular weight excluding hydrogens is 311 g/mol. The van der Waals surface area contributed by atoms with Gasteiger partial charge < -0.3 is 14.7 Å². The number of aliphatic hydroxyl groups is 1. The Balaban J connectivity index is 1.79. The highest BCUT2D eigenvalue weighted by molar-refractivity contribution is 5.94. The van der Waals surface area contributed by atoms with E-state index < -0.39 is 5.60 Å². The third kappa shape index (κ3) is 3.44. The van der Waals surface area contributed by atoms with Crippen molar-refractivity contribution in [2.24, 2.45) is 0 Å². The van der Waals surface area contributed by atoms with Crippen molar-refractivity contribution in [3.63, 3.8) is 0 Å². The molecule has 0 saturated carbocycles. The molecule has 1 aliphatic heterocycles. The first-order valence-electron chi connectivity index (χ1n) is 7.81. The maximum atomic E-state index is 13.9. The number of halogens is 1. The number of hydrogen-bond acceptors (Lipinski definition) is 4. The molecule has 1 N–H and O–H groups in total. The molecule has 3 rings (SSSR count). The number of nitrogens with zero attached hydrogens (tertiary/aromatic N) is 2. The van der Waals surface area contributed by atoms with Gasteiger partial charge in [-0.1, -0.05) is 18.2 Å². The Hall–Kier alpha value is -2.31. The number of carbonyl (C=O) groups is 1. The standard InChI is InChI=1S/C18H19FN2O3/c19-16-4-2-1-3-15(16)11-18(13-22)12-21(9-10-24-18)17(23)14-5-7-20-8-6-14/h1-8,22H,9-13H2. The Bertz CT molecular complexity index is 710. The summed E-state index contributed by atoms with van der Waals surface area (Å²) in [5, 5.41) is 9.87. The number of rotatable bonds is 4. The van der Waals surface area contributed by atoms with Crippen molar-refractivity contribution in [2.45, 2.75) is 12.0 Å². The highest BCUT2D eigenvalue weighted by Gasteiger charge is 2.38. The van der Waals surface area contributed by atoms with Gasteiger partial charge in [-0.25, -0.2) is 4.39 Å². The third-order valence-corrected chi connectivity index (χ3v) is 4.22. The summed E-state index contributed by atoms with van der Waals surface area (Å²) < 4.78 is 19.7. The summed E-state index contributed by atoms with van der Waals surface area (Å²) in [4.78, 5) is 18.2. The van der Waals surface area contributed by atoms with Crippen LogP contribution >= 0.6 is 0 Å². The first kappa shape index (κ1) is 16.5. The van der Waals surface area contributed by atoms with E-state index in [-0.39, 0.29) is 31.3 Å². The number of hydrogen-bond donors (Lipinski definition) is 1. The summed E-state index contributed by atoms with van der Waals surface area (Å²) in [5.41, 5.74) is -0.00208. The van der Waals surface area contributed by atoms with Crippen LogP contribution in [0.2, 0.25) is 0 Å². The van der Waals surface area contributed by atoms with E-state index in [1.54, 1.807) is 47.6 Å². The zero-order valence-electron chi connectivity index (χ0n) is 13.2. The van der Waals surface area contributed by atoms with Crippen molar-refractivity contribution in [3.8, 4) is 0 Å². The molecule has 126 valence electrons. The molecule has 1 aromatic carbocycles. The molecule has 1 unspecified atom stereocenters. The van der Waals surface area contributed by atoms with Gasteiger partial charge in [0.1, 0.15) is 11.4 Å². The minimum atomic E-state index is -0.997. The number of aromatic nitrogens is 1. The molecule has 1 amide bonds. The summed E-state index contributed by atoms with van der Waals surface area (Å²) in [6.07, 6.45) is 3.33. The summed E-state index contributed by atoms with van der Waals surface area (Å²) in [6, 6.07) is 9.70. The van der Waals surface area contributed by atoms with Gasteiger partial charge in [-0.2, -0.15) is 0 Å². The molecular formula is C18H19FN2O3. The molecule has 2 heterocycles. The van der Waals surface area contributed by atoms with Gasteiger partial charge in [0, 0.05) is 30.9 Å². The van der Waals surface area contributed by atoms with E-state index in [9.17, 15) is 14.3 Å². The molecule has 5 nitrogen and oxygen atoms in total. The van der Waals surface area contributed by atoms with Gasteiger partial charge in [0.05, 0.1) is 19.8 Å². The lowest BCUT2D eigenvalue weighted by atomic mass is 9.92.